The number of fused-ring (bicyclic) bond motifs is 1. The van der Waals surface area contributed by atoms with Crippen LogP contribution >= 0.6 is 0 Å². The Hall–Kier alpha value is -2.04. The fourth-order valence-corrected chi connectivity index (χ4v) is 1.55. The van der Waals surface area contributed by atoms with Gasteiger partial charge in [0.25, 0.3) is 0 Å². The lowest BCUT2D eigenvalue weighted by Gasteiger charge is -2.04. The highest BCUT2D eigenvalue weighted by molar-refractivity contribution is 5.73. The molecule has 0 fully saturated rings. The summed E-state index contributed by atoms with van der Waals surface area (Å²) >= 11 is 0. The lowest BCUT2D eigenvalue weighted by Crippen LogP contribution is -2.23. The highest BCUT2D eigenvalue weighted by Crippen LogP contribution is 2.16. The van der Waals surface area contributed by atoms with Gasteiger partial charge < -0.3 is 14.5 Å². The molecule has 90 valence electrons. The van der Waals surface area contributed by atoms with Crippen molar-refractivity contribution < 1.29 is 13.9 Å². The molecule has 2 aromatic rings. The smallest absolute Gasteiger partial charge is 0.407 e. The number of aromatic nitrogens is 1. The van der Waals surface area contributed by atoms with Crippen molar-refractivity contribution in [3.63, 3.8) is 0 Å². The third-order valence-corrected chi connectivity index (χ3v) is 2.27. The first-order chi connectivity index (χ1) is 8.19. The van der Waals surface area contributed by atoms with E-state index < -0.39 is 6.09 Å². The van der Waals surface area contributed by atoms with Gasteiger partial charge in [-0.05, 0) is 24.6 Å². The Kier molecular flexibility index (Phi) is 3.27. The van der Waals surface area contributed by atoms with Gasteiger partial charge in [0.15, 0.2) is 11.5 Å². The van der Waals surface area contributed by atoms with Crippen molar-refractivity contribution in [2.75, 3.05) is 6.61 Å². The summed E-state index contributed by atoms with van der Waals surface area (Å²) in [6.45, 7) is 4.35. The van der Waals surface area contributed by atoms with E-state index in [0.29, 0.717) is 19.0 Å². The number of rotatable bonds is 3. The minimum Gasteiger partial charge on any atom is -0.450 e. The standard InChI is InChI=1S/C12H14N2O3/c1-3-16-12(15)13-7-9-4-5-10-11(6-9)17-8(2)14-10/h4-6H,3,7H2,1-2H3,(H,13,15). The topological polar surface area (TPSA) is 64.4 Å². The summed E-state index contributed by atoms with van der Waals surface area (Å²) in [5.74, 6) is 0.635. The van der Waals surface area contributed by atoms with Crippen molar-refractivity contribution in [3.05, 3.63) is 29.7 Å². The van der Waals surface area contributed by atoms with Gasteiger partial charge in [0, 0.05) is 13.5 Å². The molecule has 1 amide bonds. The van der Waals surface area contributed by atoms with Gasteiger partial charge in [0.05, 0.1) is 6.61 Å². The number of aryl methyl sites for hydroxylation is 1. The van der Waals surface area contributed by atoms with Crippen molar-refractivity contribution in [1.29, 1.82) is 0 Å². The molecule has 0 spiro atoms. The number of benzene rings is 1. The molecule has 1 heterocycles. The van der Waals surface area contributed by atoms with E-state index in [1.807, 2.05) is 18.2 Å². The minimum atomic E-state index is -0.415. The van der Waals surface area contributed by atoms with Crippen LogP contribution in [0.2, 0.25) is 0 Å². The SMILES string of the molecule is CCOC(=O)NCc1ccc2nc(C)oc2c1. The third kappa shape index (κ3) is 2.75. The Labute approximate surface area is 98.8 Å². The van der Waals surface area contributed by atoms with Crippen LogP contribution in [0.3, 0.4) is 0 Å². The number of ether oxygens (including phenoxy) is 1. The van der Waals surface area contributed by atoms with Gasteiger partial charge in [0.1, 0.15) is 5.52 Å². The Bertz CT molecular complexity index is 534. The maximum Gasteiger partial charge on any atom is 0.407 e. The highest BCUT2D eigenvalue weighted by Gasteiger charge is 2.04. The normalized spacial score (nSPS) is 10.5. The van der Waals surface area contributed by atoms with Crippen LogP contribution in [-0.2, 0) is 11.3 Å². The van der Waals surface area contributed by atoms with E-state index in [2.05, 4.69) is 10.3 Å². The minimum absolute atomic E-state index is 0.367. The van der Waals surface area contributed by atoms with E-state index in [-0.39, 0.29) is 0 Å². The second-order valence-corrected chi connectivity index (χ2v) is 3.61. The second-order valence-electron chi connectivity index (χ2n) is 3.61. The van der Waals surface area contributed by atoms with Gasteiger partial charge in [-0.1, -0.05) is 6.07 Å². The van der Waals surface area contributed by atoms with E-state index in [1.165, 1.54) is 0 Å². The van der Waals surface area contributed by atoms with Crippen LogP contribution < -0.4 is 5.32 Å². The van der Waals surface area contributed by atoms with Crippen LogP contribution in [0.15, 0.2) is 22.6 Å². The van der Waals surface area contributed by atoms with E-state index >= 15 is 0 Å². The summed E-state index contributed by atoms with van der Waals surface area (Å²) in [7, 11) is 0. The van der Waals surface area contributed by atoms with Gasteiger partial charge in [0.2, 0.25) is 0 Å². The Morgan fingerprint density at radius 2 is 2.35 bits per heavy atom. The number of carbonyl (C=O) groups excluding carboxylic acids is 1. The quantitative estimate of drug-likeness (QED) is 0.885. The molecule has 0 aliphatic carbocycles. The van der Waals surface area contributed by atoms with Crippen molar-refractivity contribution in [3.8, 4) is 0 Å². The predicted molar refractivity (Wildman–Crippen MR) is 62.6 cm³/mol. The molecular weight excluding hydrogens is 220 g/mol. The van der Waals surface area contributed by atoms with E-state index in [0.717, 1.165) is 16.7 Å². The number of oxazole rings is 1. The first-order valence-electron chi connectivity index (χ1n) is 5.45. The fraction of sp³-hybridized carbons (Fsp3) is 0.333. The largest absolute Gasteiger partial charge is 0.450 e. The first kappa shape index (κ1) is 11.4. The zero-order valence-corrected chi connectivity index (χ0v) is 9.82. The van der Waals surface area contributed by atoms with Gasteiger partial charge >= 0.3 is 6.09 Å². The van der Waals surface area contributed by atoms with E-state index in [1.54, 1.807) is 13.8 Å². The maximum absolute atomic E-state index is 11.1. The molecule has 5 nitrogen and oxygen atoms in total. The summed E-state index contributed by atoms with van der Waals surface area (Å²) < 4.78 is 10.2. The highest BCUT2D eigenvalue weighted by atomic mass is 16.5. The molecule has 0 aliphatic heterocycles. The number of nitrogens with one attached hydrogen (secondary N) is 1. The summed E-state index contributed by atoms with van der Waals surface area (Å²) in [6, 6.07) is 5.63. The summed E-state index contributed by atoms with van der Waals surface area (Å²) in [5, 5.41) is 2.65. The second kappa shape index (κ2) is 4.86. The molecule has 0 unspecified atom stereocenters. The molecule has 1 aromatic heterocycles. The predicted octanol–water partition coefficient (Wildman–Crippen LogP) is 2.38. The van der Waals surface area contributed by atoms with Crippen molar-refractivity contribution in [1.82, 2.24) is 10.3 Å². The molecule has 0 radical (unpaired) electrons. The number of hydrogen-bond acceptors (Lipinski definition) is 4. The molecule has 5 heteroatoms. The van der Waals surface area contributed by atoms with E-state index in [4.69, 9.17) is 9.15 Å². The molecule has 0 atom stereocenters. The Morgan fingerprint density at radius 1 is 1.53 bits per heavy atom. The van der Waals surface area contributed by atoms with E-state index in [9.17, 15) is 4.79 Å². The van der Waals surface area contributed by atoms with Gasteiger partial charge in [-0.15, -0.1) is 0 Å². The third-order valence-electron chi connectivity index (χ3n) is 2.27. The number of hydrogen-bond donors (Lipinski definition) is 1. The molecule has 0 saturated carbocycles. The average molecular weight is 234 g/mol. The molecule has 1 N–H and O–H groups in total. The molecule has 0 aliphatic rings. The zero-order valence-electron chi connectivity index (χ0n) is 9.82. The lowest BCUT2D eigenvalue weighted by atomic mass is 10.2. The number of nitrogens with zero attached hydrogens (tertiary/aromatic N) is 1. The van der Waals surface area contributed by atoms with Crippen LogP contribution in [-0.4, -0.2) is 17.7 Å². The van der Waals surface area contributed by atoms with Crippen LogP contribution in [0.25, 0.3) is 11.1 Å². The molecule has 0 saturated heterocycles. The molecule has 0 bridgehead atoms. The van der Waals surface area contributed by atoms with Gasteiger partial charge in [-0.25, -0.2) is 9.78 Å². The van der Waals surface area contributed by atoms with Crippen LogP contribution in [0.4, 0.5) is 4.79 Å². The fourth-order valence-electron chi connectivity index (χ4n) is 1.55. The average Bonchev–Trinajstić information content (AvgIpc) is 2.66. The summed E-state index contributed by atoms with van der Waals surface area (Å²) in [6.07, 6.45) is -0.415. The summed E-state index contributed by atoms with van der Waals surface area (Å²) in [5.41, 5.74) is 2.50. The molecule has 2 rings (SSSR count). The zero-order chi connectivity index (χ0) is 12.3. The Morgan fingerprint density at radius 3 is 3.12 bits per heavy atom. The van der Waals surface area contributed by atoms with Crippen LogP contribution in [0.1, 0.15) is 18.4 Å². The van der Waals surface area contributed by atoms with Crippen LogP contribution in [0, 0.1) is 6.92 Å². The molecule has 1 aromatic carbocycles. The number of alkyl carbamates (subject to hydrolysis) is 1. The van der Waals surface area contributed by atoms with Gasteiger partial charge in [-0.2, -0.15) is 0 Å². The molecular formula is C12H14N2O3. The molecule has 17 heavy (non-hydrogen) atoms. The number of amides is 1. The van der Waals surface area contributed by atoms with Crippen molar-refractivity contribution in [2.24, 2.45) is 0 Å². The summed E-state index contributed by atoms with van der Waals surface area (Å²) in [4.78, 5) is 15.3. The Balaban J connectivity index is 2.06. The van der Waals surface area contributed by atoms with Gasteiger partial charge in [-0.3, -0.25) is 0 Å². The van der Waals surface area contributed by atoms with Crippen LogP contribution in [0.5, 0.6) is 0 Å². The maximum atomic E-state index is 11.1. The van der Waals surface area contributed by atoms with Crippen molar-refractivity contribution in [2.45, 2.75) is 20.4 Å². The number of carbonyl (C=O) groups is 1. The monoisotopic (exact) mass is 234 g/mol. The van der Waals surface area contributed by atoms with Crippen molar-refractivity contribution >= 4 is 17.2 Å². The first-order valence-corrected chi connectivity index (χ1v) is 5.45. The lowest BCUT2D eigenvalue weighted by molar-refractivity contribution is 0.151.